The molecule has 0 bridgehead atoms. The van der Waals surface area contributed by atoms with Gasteiger partial charge in [-0.3, -0.25) is 18.9 Å². The largest absolute Gasteiger partial charge is 0.379 e. The fourth-order valence-electron chi connectivity index (χ4n) is 4.20. The quantitative estimate of drug-likeness (QED) is 0.367. The maximum absolute atomic E-state index is 14.1. The van der Waals surface area contributed by atoms with E-state index in [1.165, 1.54) is 27.9 Å². The molecule has 9 heteroatoms. The SMILES string of the molecule is O=C(/C=C/c1ccn(S(=O)(=O)C2(CN3CCOCC3)C=CC=C(c3ccccc3)C2)c1)NO. The van der Waals surface area contributed by atoms with Gasteiger partial charge >= 0.3 is 0 Å². The summed E-state index contributed by atoms with van der Waals surface area (Å²) >= 11 is 0. The van der Waals surface area contributed by atoms with E-state index in [2.05, 4.69) is 4.90 Å². The molecule has 4 rings (SSSR count). The van der Waals surface area contributed by atoms with Crippen LogP contribution < -0.4 is 5.48 Å². The number of nitrogens with one attached hydrogen (secondary N) is 1. The van der Waals surface area contributed by atoms with E-state index in [0.717, 1.165) is 17.2 Å². The van der Waals surface area contributed by atoms with E-state index in [0.29, 0.717) is 44.8 Å². The molecule has 174 valence electrons. The normalized spacial score (nSPS) is 21.8. The second kappa shape index (κ2) is 9.88. The lowest BCUT2D eigenvalue weighted by Gasteiger charge is -2.39. The molecule has 0 spiro atoms. The van der Waals surface area contributed by atoms with Gasteiger partial charge in [0.25, 0.3) is 5.91 Å². The molecule has 1 saturated heterocycles. The highest BCUT2D eigenvalue weighted by molar-refractivity contribution is 7.91. The van der Waals surface area contributed by atoms with Gasteiger partial charge in [0.05, 0.1) is 13.2 Å². The number of hydroxylamine groups is 1. The number of ether oxygens (including phenoxy) is 1. The number of nitrogens with zero attached hydrogens (tertiary/aromatic N) is 2. The molecule has 1 unspecified atom stereocenters. The number of allylic oxidation sites excluding steroid dienone is 3. The van der Waals surface area contributed by atoms with Gasteiger partial charge in [0.2, 0.25) is 10.0 Å². The first-order valence-electron chi connectivity index (χ1n) is 10.7. The lowest BCUT2D eigenvalue weighted by Crippen LogP contribution is -2.52. The van der Waals surface area contributed by atoms with Crippen molar-refractivity contribution in [1.82, 2.24) is 14.4 Å². The standard InChI is InChI=1S/C24H27N3O5S/c28-23(25-29)9-8-20-10-12-27(18-20)33(30,31)24(19-26-13-15-32-16-14-26)11-4-7-22(17-24)21-5-2-1-3-6-21/h1-12,18,29H,13-17,19H2,(H,25,28)/b9-8+. The number of aromatic nitrogens is 1. The lowest BCUT2D eigenvalue weighted by molar-refractivity contribution is -0.124. The van der Waals surface area contributed by atoms with Gasteiger partial charge in [-0.15, -0.1) is 0 Å². The Morgan fingerprint density at radius 1 is 1.18 bits per heavy atom. The van der Waals surface area contributed by atoms with Crippen LogP contribution in [0, 0.1) is 0 Å². The number of morpholine rings is 1. The van der Waals surface area contributed by atoms with Crippen molar-refractivity contribution < 1.29 is 23.2 Å². The Bertz CT molecular complexity index is 1180. The van der Waals surface area contributed by atoms with Gasteiger partial charge in [-0.2, -0.15) is 0 Å². The third-order valence-corrected chi connectivity index (χ3v) is 8.16. The molecule has 1 aliphatic carbocycles. The molecule has 1 aromatic heterocycles. The third-order valence-electron chi connectivity index (χ3n) is 5.95. The predicted octanol–water partition coefficient (Wildman–Crippen LogP) is 2.30. The Kier molecular flexibility index (Phi) is 6.94. The van der Waals surface area contributed by atoms with Crippen molar-refractivity contribution in [2.45, 2.75) is 11.2 Å². The van der Waals surface area contributed by atoms with Crippen LogP contribution >= 0.6 is 0 Å². The average Bonchev–Trinajstić information content (AvgIpc) is 3.34. The summed E-state index contributed by atoms with van der Waals surface area (Å²) in [7, 11) is -3.86. The molecular formula is C24H27N3O5S. The van der Waals surface area contributed by atoms with Gasteiger partial charge in [0.15, 0.2) is 0 Å². The number of carbonyl (C=O) groups excluding carboxylic acids is 1. The highest BCUT2D eigenvalue weighted by atomic mass is 32.2. The first-order valence-corrected chi connectivity index (χ1v) is 12.2. The van der Waals surface area contributed by atoms with Crippen LogP contribution in [-0.2, 0) is 19.6 Å². The molecule has 33 heavy (non-hydrogen) atoms. The molecule has 2 N–H and O–H groups in total. The summed E-state index contributed by atoms with van der Waals surface area (Å²) in [5, 5.41) is 8.65. The molecule has 1 fully saturated rings. The molecule has 2 heterocycles. The smallest absolute Gasteiger partial charge is 0.267 e. The Hall–Kier alpha value is -2.98. The molecule has 1 atom stereocenters. The summed E-state index contributed by atoms with van der Waals surface area (Å²) in [5.41, 5.74) is 4.00. The Morgan fingerprint density at radius 3 is 2.67 bits per heavy atom. The van der Waals surface area contributed by atoms with E-state index in [9.17, 15) is 13.2 Å². The van der Waals surface area contributed by atoms with E-state index in [1.807, 2.05) is 42.5 Å². The summed E-state index contributed by atoms with van der Waals surface area (Å²) in [4.78, 5) is 13.4. The zero-order valence-corrected chi connectivity index (χ0v) is 18.9. The van der Waals surface area contributed by atoms with Gasteiger partial charge in [0, 0.05) is 38.1 Å². The molecule has 2 aromatic rings. The van der Waals surface area contributed by atoms with Crippen LogP contribution in [-0.4, -0.2) is 66.0 Å². The van der Waals surface area contributed by atoms with Crippen molar-refractivity contribution in [3.8, 4) is 0 Å². The van der Waals surface area contributed by atoms with Crippen molar-refractivity contribution >= 4 is 27.6 Å². The van der Waals surface area contributed by atoms with Crippen LogP contribution in [0.15, 0.2) is 73.1 Å². The Morgan fingerprint density at radius 2 is 1.94 bits per heavy atom. The van der Waals surface area contributed by atoms with Gasteiger partial charge < -0.3 is 4.74 Å². The molecule has 1 aliphatic heterocycles. The summed E-state index contributed by atoms with van der Waals surface area (Å²) in [6.07, 6.45) is 11.5. The van der Waals surface area contributed by atoms with E-state index in [4.69, 9.17) is 9.94 Å². The molecule has 8 nitrogen and oxygen atoms in total. The first kappa shape index (κ1) is 23.2. The average molecular weight is 470 g/mol. The number of rotatable bonds is 7. The molecular weight excluding hydrogens is 442 g/mol. The Labute approximate surface area is 193 Å². The van der Waals surface area contributed by atoms with E-state index in [1.54, 1.807) is 12.1 Å². The molecule has 2 aliphatic rings. The summed E-state index contributed by atoms with van der Waals surface area (Å²) in [5.74, 6) is -0.692. The zero-order valence-electron chi connectivity index (χ0n) is 18.1. The number of benzene rings is 1. The molecule has 0 saturated carbocycles. The van der Waals surface area contributed by atoms with Crippen LogP contribution in [0.4, 0.5) is 0 Å². The maximum atomic E-state index is 14.1. The second-order valence-corrected chi connectivity index (χ2v) is 10.3. The predicted molar refractivity (Wildman–Crippen MR) is 126 cm³/mol. The van der Waals surface area contributed by atoms with Gasteiger partial charge in [-0.25, -0.2) is 13.9 Å². The van der Waals surface area contributed by atoms with Crippen molar-refractivity contribution in [3.05, 3.63) is 84.2 Å². The molecule has 0 radical (unpaired) electrons. The molecule has 1 aromatic carbocycles. The minimum absolute atomic E-state index is 0.337. The second-order valence-electron chi connectivity index (χ2n) is 8.14. The van der Waals surface area contributed by atoms with E-state index >= 15 is 0 Å². The van der Waals surface area contributed by atoms with Crippen molar-refractivity contribution in [2.24, 2.45) is 0 Å². The summed E-state index contributed by atoms with van der Waals surface area (Å²) in [6.45, 7) is 2.84. The monoisotopic (exact) mass is 469 g/mol. The summed E-state index contributed by atoms with van der Waals surface area (Å²) in [6, 6.07) is 11.4. The van der Waals surface area contributed by atoms with Gasteiger partial charge in [-0.1, -0.05) is 48.6 Å². The number of carbonyl (C=O) groups is 1. The van der Waals surface area contributed by atoms with Crippen molar-refractivity contribution in [3.63, 3.8) is 0 Å². The van der Waals surface area contributed by atoms with Gasteiger partial charge in [0.1, 0.15) is 4.75 Å². The van der Waals surface area contributed by atoms with Crippen LogP contribution in [0.2, 0.25) is 0 Å². The van der Waals surface area contributed by atoms with Gasteiger partial charge in [-0.05, 0) is 35.3 Å². The van der Waals surface area contributed by atoms with Crippen molar-refractivity contribution in [2.75, 3.05) is 32.8 Å². The van der Waals surface area contributed by atoms with Crippen LogP contribution in [0.3, 0.4) is 0 Å². The number of amides is 1. The highest BCUT2D eigenvalue weighted by Gasteiger charge is 2.46. The van der Waals surface area contributed by atoms with Crippen LogP contribution in [0.1, 0.15) is 17.5 Å². The van der Waals surface area contributed by atoms with E-state index < -0.39 is 20.7 Å². The lowest BCUT2D eigenvalue weighted by atomic mass is 9.88. The number of hydrogen-bond donors (Lipinski definition) is 2. The first-order chi connectivity index (χ1) is 15.9. The van der Waals surface area contributed by atoms with Crippen molar-refractivity contribution in [1.29, 1.82) is 0 Å². The minimum Gasteiger partial charge on any atom is -0.379 e. The fraction of sp³-hybridized carbons (Fsp3) is 0.292. The maximum Gasteiger partial charge on any atom is 0.267 e. The summed E-state index contributed by atoms with van der Waals surface area (Å²) < 4.78 is 33.6. The van der Waals surface area contributed by atoms with E-state index in [-0.39, 0.29) is 0 Å². The fourth-order valence-corrected chi connectivity index (χ4v) is 6.03. The Balaban J connectivity index is 1.69. The third kappa shape index (κ3) is 5.01. The minimum atomic E-state index is -3.86. The highest BCUT2D eigenvalue weighted by Crippen LogP contribution is 2.38. The van der Waals surface area contributed by atoms with Crippen LogP contribution in [0.5, 0.6) is 0 Å². The number of hydrogen-bond acceptors (Lipinski definition) is 6. The topological polar surface area (TPSA) is 101 Å². The van der Waals surface area contributed by atoms with Crippen LogP contribution in [0.25, 0.3) is 11.6 Å². The molecule has 1 amide bonds. The zero-order chi connectivity index (χ0) is 23.3.